The first kappa shape index (κ1) is 18.1. The van der Waals surface area contributed by atoms with Gasteiger partial charge < -0.3 is 10.1 Å². The number of carbonyl (C=O) groups is 1. The molecule has 0 aromatic heterocycles. The highest BCUT2D eigenvalue weighted by Gasteiger charge is 2.23. The Hall–Kier alpha value is -1.90. The van der Waals surface area contributed by atoms with Gasteiger partial charge >= 0.3 is 11.9 Å². The van der Waals surface area contributed by atoms with Crippen molar-refractivity contribution in [1.29, 1.82) is 0 Å². The zero-order chi connectivity index (χ0) is 17.0. The van der Waals surface area contributed by atoms with E-state index in [2.05, 4.69) is 5.32 Å². The zero-order valence-electron chi connectivity index (χ0n) is 12.4. The number of benzene rings is 1. The van der Waals surface area contributed by atoms with Gasteiger partial charge in [0.25, 0.3) is 10.0 Å². The van der Waals surface area contributed by atoms with Crippen molar-refractivity contribution in [1.82, 2.24) is 5.32 Å². The number of hydrogen-bond acceptors (Lipinski definition) is 4. The van der Waals surface area contributed by atoms with Crippen molar-refractivity contribution >= 4 is 21.8 Å². The van der Waals surface area contributed by atoms with E-state index in [1.165, 1.54) is 24.3 Å². The number of nitrogens with one attached hydrogen (secondary N) is 2. The summed E-state index contributed by atoms with van der Waals surface area (Å²) in [6.45, 7) is 5.36. The largest absolute Gasteiger partial charge is 0.444 e. The van der Waals surface area contributed by atoms with Gasteiger partial charge in [0.15, 0.2) is 0 Å². The van der Waals surface area contributed by atoms with Gasteiger partial charge in [0.2, 0.25) is 0 Å². The average Bonchev–Trinajstić information content (AvgIpc) is 2.35. The number of anilines is 1. The molecule has 0 saturated heterocycles. The minimum Gasteiger partial charge on any atom is -0.444 e. The molecule has 0 aliphatic rings. The second-order valence-corrected chi connectivity index (χ2v) is 7.11. The van der Waals surface area contributed by atoms with Gasteiger partial charge in [-0.05, 0) is 38.5 Å². The number of amides is 1. The zero-order valence-corrected chi connectivity index (χ0v) is 13.2. The molecule has 1 aromatic carbocycles. The number of rotatable bonds is 5. The highest BCUT2D eigenvalue weighted by molar-refractivity contribution is 7.93. The maximum absolute atomic E-state index is 12.2. The van der Waals surface area contributed by atoms with E-state index < -0.39 is 27.5 Å². The molecule has 2 N–H and O–H groups in total. The van der Waals surface area contributed by atoms with E-state index in [1.807, 2.05) is 0 Å². The highest BCUT2D eigenvalue weighted by Crippen LogP contribution is 2.15. The number of alkyl halides is 2. The lowest BCUT2D eigenvalue weighted by Crippen LogP contribution is -2.32. The minimum atomic E-state index is -4.68. The van der Waals surface area contributed by atoms with E-state index >= 15 is 0 Å². The Bertz CT molecular complexity index is 610. The van der Waals surface area contributed by atoms with Gasteiger partial charge in [-0.15, -0.1) is 0 Å². The summed E-state index contributed by atoms with van der Waals surface area (Å²) in [5.41, 5.74) is 0.0637. The minimum absolute atomic E-state index is 0.0151. The van der Waals surface area contributed by atoms with Crippen LogP contribution in [0.25, 0.3) is 0 Å². The maximum atomic E-state index is 12.2. The Labute approximate surface area is 127 Å². The fourth-order valence-electron chi connectivity index (χ4n) is 1.39. The van der Waals surface area contributed by atoms with E-state index in [9.17, 15) is 22.0 Å². The molecule has 1 rings (SSSR count). The average molecular weight is 336 g/mol. The fraction of sp³-hybridized carbons (Fsp3) is 0.462. The molecule has 0 aliphatic heterocycles. The van der Waals surface area contributed by atoms with E-state index in [4.69, 9.17) is 4.74 Å². The lowest BCUT2D eigenvalue weighted by molar-refractivity contribution is 0.0523. The Kier molecular flexibility index (Phi) is 5.70. The molecular weight excluding hydrogens is 318 g/mol. The van der Waals surface area contributed by atoms with Gasteiger partial charge in [-0.3, -0.25) is 4.72 Å². The van der Waals surface area contributed by atoms with Crippen molar-refractivity contribution in [2.45, 2.75) is 38.7 Å². The Morgan fingerprint density at radius 1 is 1.23 bits per heavy atom. The molecule has 124 valence electrons. The second kappa shape index (κ2) is 6.91. The molecule has 0 atom stereocenters. The predicted molar refractivity (Wildman–Crippen MR) is 78.1 cm³/mol. The molecule has 0 spiro atoms. The normalized spacial score (nSPS) is 12.1. The standard InChI is InChI=1S/C13H18F2N2O4S/c1-13(2,3)21-12(18)16-8-9-4-6-10(7-5-9)17-22(19,20)11(14)15/h4-7,11,17H,8H2,1-3H3,(H,16,18). The first-order valence-corrected chi connectivity index (χ1v) is 7.90. The van der Waals surface area contributed by atoms with Crippen molar-refractivity contribution in [3.05, 3.63) is 29.8 Å². The van der Waals surface area contributed by atoms with E-state index in [0.717, 1.165) is 0 Å². The summed E-state index contributed by atoms with van der Waals surface area (Å²) >= 11 is 0. The van der Waals surface area contributed by atoms with Crippen LogP contribution in [0.1, 0.15) is 26.3 Å². The molecule has 0 saturated carbocycles. The molecular formula is C13H18F2N2O4S. The predicted octanol–water partition coefficient (Wildman–Crippen LogP) is 2.68. The van der Waals surface area contributed by atoms with E-state index in [-0.39, 0.29) is 12.2 Å². The molecule has 1 amide bonds. The second-order valence-electron chi connectivity index (χ2n) is 5.46. The number of carbonyl (C=O) groups excluding carboxylic acids is 1. The summed E-state index contributed by atoms with van der Waals surface area (Å²) in [6, 6.07) is 5.65. The van der Waals surface area contributed by atoms with E-state index in [0.29, 0.717) is 5.56 Å². The highest BCUT2D eigenvalue weighted by atomic mass is 32.2. The molecule has 22 heavy (non-hydrogen) atoms. The first-order chi connectivity index (χ1) is 9.99. The van der Waals surface area contributed by atoms with Gasteiger partial charge in [-0.25, -0.2) is 13.2 Å². The number of sulfonamides is 1. The van der Waals surface area contributed by atoms with Crippen LogP contribution in [0.5, 0.6) is 0 Å². The molecule has 6 nitrogen and oxygen atoms in total. The van der Waals surface area contributed by atoms with Crippen molar-refractivity contribution in [2.24, 2.45) is 0 Å². The van der Waals surface area contributed by atoms with Crippen LogP contribution in [-0.4, -0.2) is 25.9 Å². The van der Waals surface area contributed by atoms with Gasteiger partial charge in [0.05, 0.1) is 0 Å². The van der Waals surface area contributed by atoms with E-state index in [1.54, 1.807) is 25.5 Å². The summed E-state index contributed by atoms with van der Waals surface area (Å²) in [6.07, 6.45) is -0.588. The van der Waals surface area contributed by atoms with Crippen LogP contribution >= 0.6 is 0 Å². The van der Waals surface area contributed by atoms with Crippen LogP contribution < -0.4 is 10.0 Å². The van der Waals surface area contributed by atoms with Gasteiger partial charge in [0.1, 0.15) is 5.60 Å². The quantitative estimate of drug-likeness (QED) is 0.866. The van der Waals surface area contributed by atoms with Crippen molar-refractivity contribution in [3.63, 3.8) is 0 Å². The summed E-state index contributed by atoms with van der Waals surface area (Å²) < 4.78 is 53.2. The Morgan fingerprint density at radius 3 is 2.23 bits per heavy atom. The molecule has 0 bridgehead atoms. The van der Waals surface area contributed by atoms with Crippen LogP contribution in [-0.2, 0) is 21.3 Å². The first-order valence-electron chi connectivity index (χ1n) is 6.35. The van der Waals surface area contributed by atoms with Crippen LogP contribution in [0.3, 0.4) is 0 Å². The summed E-state index contributed by atoms with van der Waals surface area (Å²) in [5, 5.41) is 2.52. The summed E-state index contributed by atoms with van der Waals surface area (Å²) in [4.78, 5) is 11.5. The number of hydrogen-bond donors (Lipinski definition) is 2. The van der Waals surface area contributed by atoms with Gasteiger partial charge in [-0.2, -0.15) is 8.78 Å². The van der Waals surface area contributed by atoms with Gasteiger partial charge in [0, 0.05) is 12.2 Å². The van der Waals surface area contributed by atoms with Crippen LogP contribution in [0, 0.1) is 0 Å². The van der Waals surface area contributed by atoms with Crippen molar-refractivity contribution < 1.29 is 26.7 Å². The molecule has 0 aliphatic carbocycles. The molecule has 0 fully saturated rings. The Balaban J connectivity index is 2.58. The SMILES string of the molecule is CC(C)(C)OC(=O)NCc1ccc(NS(=O)(=O)C(F)F)cc1. The topological polar surface area (TPSA) is 84.5 Å². The van der Waals surface area contributed by atoms with Crippen LogP contribution in [0.15, 0.2) is 24.3 Å². The number of alkyl carbamates (subject to hydrolysis) is 1. The molecule has 0 radical (unpaired) electrons. The molecule has 0 unspecified atom stereocenters. The summed E-state index contributed by atoms with van der Waals surface area (Å²) in [5.74, 6) is -3.50. The van der Waals surface area contributed by atoms with Crippen LogP contribution in [0.4, 0.5) is 19.3 Å². The summed E-state index contributed by atoms with van der Waals surface area (Å²) in [7, 11) is -4.68. The smallest absolute Gasteiger partial charge is 0.407 e. The maximum Gasteiger partial charge on any atom is 0.407 e. The third-order valence-electron chi connectivity index (χ3n) is 2.28. The van der Waals surface area contributed by atoms with Crippen LogP contribution in [0.2, 0.25) is 0 Å². The fourth-order valence-corrected chi connectivity index (χ4v) is 1.94. The third-order valence-corrected chi connectivity index (χ3v) is 3.27. The lowest BCUT2D eigenvalue weighted by Gasteiger charge is -2.19. The van der Waals surface area contributed by atoms with Crippen molar-refractivity contribution in [2.75, 3.05) is 4.72 Å². The number of ether oxygens (including phenoxy) is 1. The third kappa shape index (κ3) is 6.25. The molecule has 9 heteroatoms. The number of halogens is 2. The monoisotopic (exact) mass is 336 g/mol. The van der Waals surface area contributed by atoms with Gasteiger partial charge in [-0.1, -0.05) is 12.1 Å². The lowest BCUT2D eigenvalue weighted by atomic mass is 10.2. The molecule has 1 aromatic rings. The van der Waals surface area contributed by atoms with Crippen molar-refractivity contribution in [3.8, 4) is 0 Å². The molecule has 0 heterocycles. The Morgan fingerprint density at radius 2 is 1.77 bits per heavy atom.